The molecule has 5 saturated carbocycles. The van der Waals surface area contributed by atoms with Crippen LogP contribution in [0, 0.1) is 35.0 Å². The van der Waals surface area contributed by atoms with Crippen LogP contribution >= 0.6 is 0 Å². The molecule has 3 N–H and O–H groups in total. The highest BCUT2D eigenvalue weighted by Crippen LogP contribution is 2.78. The van der Waals surface area contributed by atoms with Crippen LogP contribution in [-0.4, -0.2) is 103 Å². The molecular formula is C32H44N2O8. The van der Waals surface area contributed by atoms with Crippen LogP contribution in [0.1, 0.15) is 49.9 Å². The monoisotopic (exact) mass is 584 g/mol. The van der Waals surface area contributed by atoms with Crippen LogP contribution in [-0.2, 0) is 23.7 Å². The van der Waals surface area contributed by atoms with Gasteiger partial charge in [-0.3, -0.25) is 9.69 Å². The molecule has 13 atom stereocenters. The lowest BCUT2D eigenvalue weighted by Crippen LogP contribution is -2.78. The number of hydrogen-bond acceptors (Lipinski definition) is 9. The number of likely N-dealkylation sites (N-methyl/N-ethyl adjacent to an activating group) is 1. The van der Waals surface area contributed by atoms with E-state index in [0.29, 0.717) is 38.0 Å². The van der Waals surface area contributed by atoms with Crippen molar-refractivity contribution in [1.29, 1.82) is 0 Å². The minimum Gasteiger partial charge on any atom is -0.454 e. The number of aliphatic hydroxyl groups excluding tert-OH is 1. The lowest BCUT2D eigenvalue weighted by Gasteiger charge is -2.68. The maximum atomic E-state index is 14.0. The van der Waals surface area contributed by atoms with Crippen molar-refractivity contribution in [3.8, 4) is 0 Å². The van der Waals surface area contributed by atoms with Gasteiger partial charge in [0.15, 0.2) is 0 Å². The Morgan fingerprint density at radius 3 is 2.55 bits per heavy atom. The van der Waals surface area contributed by atoms with Crippen LogP contribution in [0.15, 0.2) is 24.3 Å². The predicted molar refractivity (Wildman–Crippen MR) is 152 cm³/mol. The Morgan fingerprint density at radius 2 is 1.88 bits per heavy atom. The SMILES string of the molecule is CCN1CC2(OC(=O)c3ccccc3NC(C)=O)CCC(OC)C34C5CC6C(OC)CC(O)(C5C6OC)C(C(O)C23)C14. The van der Waals surface area contributed by atoms with Gasteiger partial charge in [-0.25, -0.2) is 4.79 Å². The Morgan fingerprint density at radius 1 is 1.12 bits per heavy atom. The van der Waals surface area contributed by atoms with Crippen LogP contribution in [0.4, 0.5) is 5.69 Å². The second-order valence-corrected chi connectivity index (χ2v) is 13.6. The average Bonchev–Trinajstić information content (AvgIpc) is 3.41. The quantitative estimate of drug-likeness (QED) is 0.413. The van der Waals surface area contributed by atoms with Gasteiger partial charge in [-0.2, -0.15) is 0 Å². The van der Waals surface area contributed by atoms with Crippen molar-refractivity contribution in [1.82, 2.24) is 4.90 Å². The largest absolute Gasteiger partial charge is 0.454 e. The third-order valence-electron chi connectivity index (χ3n) is 12.5. The number of anilines is 1. The first kappa shape index (κ1) is 28.7. The molecule has 1 saturated heterocycles. The summed E-state index contributed by atoms with van der Waals surface area (Å²) in [5.74, 6) is -1.75. The second-order valence-electron chi connectivity index (χ2n) is 13.6. The van der Waals surface area contributed by atoms with E-state index in [-0.39, 0.29) is 53.6 Å². The Bertz CT molecular complexity index is 1280. The van der Waals surface area contributed by atoms with E-state index in [9.17, 15) is 19.8 Å². The number of esters is 1. The van der Waals surface area contributed by atoms with Gasteiger partial charge in [-0.05, 0) is 43.9 Å². The summed E-state index contributed by atoms with van der Waals surface area (Å²) < 4.78 is 25.1. The van der Waals surface area contributed by atoms with Crippen molar-refractivity contribution in [3.05, 3.63) is 29.8 Å². The third kappa shape index (κ3) is 3.37. The van der Waals surface area contributed by atoms with Gasteiger partial charge >= 0.3 is 5.97 Å². The number of ether oxygens (including phenoxy) is 4. The third-order valence-corrected chi connectivity index (χ3v) is 12.5. The summed E-state index contributed by atoms with van der Waals surface area (Å²) in [7, 11) is 5.17. The summed E-state index contributed by atoms with van der Waals surface area (Å²) in [5.41, 5.74) is -2.06. The van der Waals surface area contributed by atoms with Crippen LogP contribution in [0.2, 0.25) is 0 Å². The molecular weight excluding hydrogens is 540 g/mol. The number of para-hydroxylation sites is 1. The fraction of sp³-hybridized carbons (Fsp3) is 0.750. The van der Waals surface area contributed by atoms with Crippen molar-refractivity contribution in [3.63, 3.8) is 0 Å². The number of nitrogens with zero attached hydrogens (tertiary/aromatic N) is 1. The van der Waals surface area contributed by atoms with E-state index >= 15 is 0 Å². The molecule has 1 aromatic carbocycles. The van der Waals surface area contributed by atoms with Gasteiger partial charge in [0.1, 0.15) is 5.60 Å². The molecule has 1 aliphatic heterocycles. The molecule has 230 valence electrons. The van der Waals surface area contributed by atoms with Crippen molar-refractivity contribution >= 4 is 17.6 Å². The molecule has 6 fully saturated rings. The Balaban J connectivity index is 1.38. The van der Waals surface area contributed by atoms with Gasteiger partial charge < -0.3 is 34.5 Å². The number of methoxy groups -OCH3 is 3. The number of likely N-dealkylation sites (tertiary alicyclic amines) is 1. The van der Waals surface area contributed by atoms with Gasteiger partial charge in [-0.15, -0.1) is 0 Å². The van der Waals surface area contributed by atoms with E-state index in [1.54, 1.807) is 45.6 Å². The first-order chi connectivity index (χ1) is 20.1. The summed E-state index contributed by atoms with van der Waals surface area (Å²) in [4.78, 5) is 28.3. The first-order valence-electron chi connectivity index (χ1n) is 15.5. The van der Waals surface area contributed by atoms with E-state index in [1.165, 1.54) is 6.92 Å². The predicted octanol–water partition coefficient (Wildman–Crippen LogP) is 2.08. The van der Waals surface area contributed by atoms with Crippen LogP contribution in [0.3, 0.4) is 0 Å². The van der Waals surface area contributed by atoms with Gasteiger partial charge in [0.25, 0.3) is 0 Å². The van der Waals surface area contributed by atoms with E-state index in [4.69, 9.17) is 18.9 Å². The standard InChI is InChI=1S/C32H44N2O8/c1-6-34-15-30(42-29(37)17-9-7-8-10-20(17)33-16(2)35)12-11-22(40-4)32-19-13-18-21(39-3)14-31(38,23(19)26(18)41-5)24(28(32)34)25(36)27(30)32/h7-10,18-19,21-28,36,38H,6,11-15H2,1-5H3,(H,33,35). The highest BCUT2D eigenvalue weighted by atomic mass is 16.6. The van der Waals surface area contributed by atoms with E-state index in [2.05, 4.69) is 17.1 Å². The number of nitrogens with one attached hydrogen (secondary N) is 1. The normalized spacial score (nSPS) is 48.2. The molecule has 1 amide bonds. The van der Waals surface area contributed by atoms with E-state index in [0.717, 1.165) is 6.42 Å². The molecule has 0 radical (unpaired) electrons. The minimum absolute atomic E-state index is 0.00894. The molecule has 7 bridgehead atoms. The molecule has 10 nitrogen and oxygen atoms in total. The Kier molecular flexibility index (Phi) is 6.63. The second kappa shape index (κ2) is 9.71. The maximum Gasteiger partial charge on any atom is 0.340 e. The van der Waals surface area contributed by atoms with Crippen LogP contribution in [0.5, 0.6) is 0 Å². The highest BCUT2D eigenvalue weighted by molar-refractivity contribution is 6.00. The first-order valence-corrected chi connectivity index (χ1v) is 15.5. The van der Waals surface area contributed by atoms with Crippen LogP contribution in [0.25, 0.3) is 0 Å². The molecule has 1 aromatic rings. The van der Waals surface area contributed by atoms with Crippen molar-refractivity contribution in [2.45, 2.75) is 81.2 Å². The van der Waals surface area contributed by atoms with Gasteiger partial charge in [0.2, 0.25) is 5.91 Å². The number of rotatable bonds is 7. The van der Waals surface area contributed by atoms with Gasteiger partial charge in [-0.1, -0.05) is 19.1 Å². The smallest absolute Gasteiger partial charge is 0.340 e. The zero-order chi connectivity index (χ0) is 29.8. The summed E-state index contributed by atoms with van der Waals surface area (Å²) >= 11 is 0. The van der Waals surface area contributed by atoms with E-state index < -0.39 is 40.5 Å². The van der Waals surface area contributed by atoms with Gasteiger partial charge in [0.05, 0.1) is 41.3 Å². The molecule has 42 heavy (non-hydrogen) atoms. The zero-order valence-corrected chi connectivity index (χ0v) is 25.1. The number of carbonyl (C=O) groups excluding carboxylic acids is 2. The fourth-order valence-electron chi connectivity index (χ4n) is 11.6. The lowest BCUT2D eigenvalue weighted by atomic mass is 9.45. The number of hydrogen-bond donors (Lipinski definition) is 3. The fourth-order valence-corrected chi connectivity index (χ4v) is 11.6. The summed E-state index contributed by atoms with van der Waals surface area (Å²) in [6.07, 6.45) is 1.01. The Hall–Kier alpha value is -2.08. The lowest BCUT2D eigenvalue weighted by molar-refractivity contribution is -0.284. The molecule has 13 unspecified atom stereocenters. The number of carbonyl (C=O) groups is 2. The Labute approximate surface area is 247 Å². The zero-order valence-electron chi connectivity index (χ0n) is 25.1. The molecule has 1 spiro atoms. The average molecular weight is 585 g/mol. The maximum absolute atomic E-state index is 14.0. The van der Waals surface area contributed by atoms with Crippen molar-refractivity contribution in [2.24, 2.45) is 35.0 Å². The number of piperidine rings is 1. The van der Waals surface area contributed by atoms with Crippen molar-refractivity contribution in [2.75, 3.05) is 39.7 Å². The number of benzene rings is 1. The number of fused-ring (bicyclic) bond motifs is 2. The molecule has 5 aliphatic carbocycles. The topological polar surface area (TPSA) is 127 Å². The highest BCUT2D eigenvalue weighted by Gasteiger charge is 2.87. The summed E-state index contributed by atoms with van der Waals surface area (Å²) in [6.45, 7) is 4.65. The molecule has 10 heteroatoms. The molecule has 1 heterocycles. The minimum atomic E-state index is -1.20. The molecule has 7 rings (SSSR count). The van der Waals surface area contributed by atoms with Crippen molar-refractivity contribution < 1.29 is 38.7 Å². The molecule has 6 aliphatic rings. The van der Waals surface area contributed by atoms with Crippen LogP contribution < -0.4 is 5.32 Å². The summed E-state index contributed by atoms with van der Waals surface area (Å²) in [6, 6.07) is 6.74. The summed E-state index contributed by atoms with van der Waals surface area (Å²) in [5, 5.41) is 28.1. The number of amides is 1. The van der Waals surface area contributed by atoms with Gasteiger partial charge in [0, 0.05) is 76.3 Å². The molecule has 0 aromatic heterocycles. The van der Waals surface area contributed by atoms with E-state index in [1.807, 2.05) is 0 Å². The number of aliphatic hydroxyl groups is 2.